The highest BCUT2D eigenvalue weighted by Crippen LogP contribution is 2.50. The van der Waals surface area contributed by atoms with Crippen LogP contribution in [0.3, 0.4) is 0 Å². The van der Waals surface area contributed by atoms with E-state index in [1.54, 1.807) is 0 Å². The van der Waals surface area contributed by atoms with Crippen LogP contribution in [0, 0.1) is 5.92 Å². The first kappa shape index (κ1) is 13.7. The Kier molecular flexibility index (Phi) is 3.63. The molecule has 0 aromatic rings. The Morgan fingerprint density at radius 3 is 2.33 bits per heavy atom. The quantitative estimate of drug-likeness (QED) is 0.820. The van der Waals surface area contributed by atoms with E-state index in [9.17, 15) is 13.6 Å². The Hall–Kier alpha value is -0.710. The lowest BCUT2D eigenvalue weighted by atomic mass is 9.96. The number of hydrogen-bond acceptors (Lipinski definition) is 2. The molecule has 0 aromatic carbocycles. The van der Waals surface area contributed by atoms with Gasteiger partial charge in [0.15, 0.2) is 0 Å². The van der Waals surface area contributed by atoms with Crippen molar-refractivity contribution >= 4 is 5.91 Å². The molecule has 0 saturated heterocycles. The van der Waals surface area contributed by atoms with E-state index in [0.29, 0.717) is 6.54 Å². The molecule has 104 valence electrons. The fourth-order valence-electron chi connectivity index (χ4n) is 2.87. The molecule has 0 radical (unpaired) electrons. The third kappa shape index (κ3) is 2.82. The molecule has 0 aromatic heterocycles. The van der Waals surface area contributed by atoms with E-state index in [2.05, 4.69) is 10.2 Å². The molecular formula is C13H22F2N2O. The summed E-state index contributed by atoms with van der Waals surface area (Å²) in [5.74, 6) is -3.55. The minimum atomic E-state index is -2.59. The summed E-state index contributed by atoms with van der Waals surface area (Å²) in [5, 5.41) is 2.84. The van der Waals surface area contributed by atoms with Gasteiger partial charge in [0, 0.05) is 30.8 Å². The number of hydrogen-bond donors (Lipinski definition) is 1. The highest BCUT2D eigenvalue weighted by molar-refractivity contribution is 5.76. The number of likely N-dealkylation sites (N-methyl/N-ethyl adjacent to an activating group) is 1. The molecule has 2 saturated carbocycles. The summed E-state index contributed by atoms with van der Waals surface area (Å²) in [4.78, 5) is 13.8. The maximum absolute atomic E-state index is 12.7. The second-order valence-corrected chi connectivity index (χ2v) is 5.97. The highest BCUT2D eigenvalue weighted by Gasteiger charge is 2.57. The van der Waals surface area contributed by atoms with Crippen LogP contribution in [0.5, 0.6) is 0 Å². The van der Waals surface area contributed by atoms with Gasteiger partial charge in [-0.15, -0.1) is 0 Å². The van der Waals surface area contributed by atoms with E-state index < -0.39 is 11.8 Å². The van der Waals surface area contributed by atoms with Gasteiger partial charge in [0.05, 0.1) is 0 Å². The lowest BCUT2D eigenvalue weighted by Gasteiger charge is -2.36. The summed E-state index contributed by atoms with van der Waals surface area (Å²) in [6.07, 6.45) is 4.33. The zero-order valence-corrected chi connectivity index (χ0v) is 11.1. The van der Waals surface area contributed by atoms with Gasteiger partial charge in [-0.25, -0.2) is 8.78 Å². The minimum absolute atomic E-state index is 0.0295. The predicted molar refractivity (Wildman–Crippen MR) is 65.6 cm³/mol. The van der Waals surface area contributed by atoms with Gasteiger partial charge >= 0.3 is 0 Å². The number of amides is 1. The van der Waals surface area contributed by atoms with Crippen LogP contribution in [0.2, 0.25) is 0 Å². The van der Waals surface area contributed by atoms with Crippen molar-refractivity contribution in [2.24, 2.45) is 5.92 Å². The topological polar surface area (TPSA) is 32.3 Å². The van der Waals surface area contributed by atoms with Crippen LogP contribution in [-0.2, 0) is 4.79 Å². The molecule has 1 amide bonds. The van der Waals surface area contributed by atoms with Gasteiger partial charge in [-0.05, 0) is 26.9 Å². The Morgan fingerprint density at radius 1 is 1.33 bits per heavy atom. The van der Waals surface area contributed by atoms with Crippen LogP contribution in [0.25, 0.3) is 0 Å². The number of alkyl halides is 2. The van der Waals surface area contributed by atoms with Gasteiger partial charge in [-0.1, -0.05) is 12.8 Å². The molecule has 2 fully saturated rings. The van der Waals surface area contributed by atoms with Gasteiger partial charge in [0.2, 0.25) is 5.91 Å². The molecule has 0 aliphatic heterocycles. The average molecular weight is 260 g/mol. The first-order chi connectivity index (χ1) is 8.36. The Morgan fingerprint density at radius 2 is 1.89 bits per heavy atom. The zero-order chi connectivity index (χ0) is 13.4. The van der Waals surface area contributed by atoms with Crippen LogP contribution >= 0.6 is 0 Å². The summed E-state index contributed by atoms with van der Waals surface area (Å²) in [7, 11) is 4.04. The predicted octanol–water partition coefficient (Wildman–Crippen LogP) is 2.02. The van der Waals surface area contributed by atoms with Crippen LogP contribution in [0.4, 0.5) is 8.78 Å². The lowest BCUT2D eigenvalue weighted by molar-refractivity contribution is -0.122. The molecule has 2 aliphatic rings. The van der Waals surface area contributed by atoms with Crippen LogP contribution in [0.1, 0.15) is 38.5 Å². The summed E-state index contributed by atoms with van der Waals surface area (Å²) >= 11 is 0. The van der Waals surface area contributed by atoms with E-state index in [0.717, 1.165) is 12.8 Å². The summed E-state index contributed by atoms with van der Waals surface area (Å²) in [6.45, 7) is 0.580. The van der Waals surface area contributed by atoms with Gasteiger partial charge in [0.25, 0.3) is 5.92 Å². The number of rotatable bonds is 5. The van der Waals surface area contributed by atoms with Crippen molar-refractivity contribution in [2.75, 3.05) is 20.6 Å². The maximum atomic E-state index is 12.7. The molecule has 2 aliphatic carbocycles. The molecule has 1 N–H and O–H groups in total. The maximum Gasteiger partial charge on any atom is 0.252 e. The van der Waals surface area contributed by atoms with Gasteiger partial charge in [-0.3, -0.25) is 4.79 Å². The highest BCUT2D eigenvalue weighted by atomic mass is 19.3. The standard InChI is InChI=1S/C13H22F2N2O/c1-17(2)12(5-3-4-6-12)9-16-11(18)7-10-8-13(10,14)15/h10H,3-9H2,1-2H3,(H,16,18). The molecule has 1 unspecified atom stereocenters. The average Bonchev–Trinajstić information content (AvgIpc) is 2.73. The number of carbonyl (C=O) groups is 1. The second kappa shape index (κ2) is 4.76. The summed E-state index contributed by atoms with van der Waals surface area (Å²) < 4.78 is 25.4. The Bertz CT molecular complexity index is 325. The van der Waals surface area contributed by atoms with Crippen molar-refractivity contribution in [1.29, 1.82) is 0 Å². The van der Waals surface area contributed by atoms with E-state index in [1.807, 2.05) is 14.1 Å². The van der Waals surface area contributed by atoms with Crippen molar-refractivity contribution in [3.05, 3.63) is 0 Å². The molecule has 0 spiro atoms. The third-order valence-electron chi connectivity index (χ3n) is 4.49. The van der Waals surface area contributed by atoms with Crippen molar-refractivity contribution in [3.8, 4) is 0 Å². The first-order valence-corrected chi connectivity index (χ1v) is 6.68. The molecule has 18 heavy (non-hydrogen) atoms. The molecule has 0 heterocycles. The first-order valence-electron chi connectivity index (χ1n) is 6.68. The minimum Gasteiger partial charge on any atom is -0.354 e. The fourth-order valence-corrected chi connectivity index (χ4v) is 2.87. The zero-order valence-electron chi connectivity index (χ0n) is 11.1. The number of halogens is 2. The third-order valence-corrected chi connectivity index (χ3v) is 4.49. The van der Waals surface area contributed by atoms with Gasteiger partial charge in [-0.2, -0.15) is 0 Å². The van der Waals surface area contributed by atoms with Gasteiger partial charge in [0.1, 0.15) is 0 Å². The van der Waals surface area contributed by atoms with E-state index in [4.69, 9.17) is 0 Å². The number of nitrogens with one attached hydrogen (secondary N) is 1. The van der Waals surface area contributed by atoms with E-state index in [-0.39, 0.29) is 24.3 Å². The Labute approximate surface area is 107 Å². The van der Waals surface area contributed by atoms with E-state index >= 15 is 0 Å². The van der Waals surface area contributed by atoms with Crippen LogP contribution in [-0.4, -0.2) is 42.9 Å². The van der Waals surface area contributed by atoms with Crippen molar-refractivity contribution in [2.45, 2.75) is 50.0 Å². The monoisotopic (exact) mass is 260 g/mol. The lowest BCUT2D eigenvalue weighted by Crippen LogP contribution is -2.50. The largest absolute Gasteiger partial charge is 0.354 e. The van der Waals surface area contributed by atoms with Crippen LogP contribution < -0.4 is 5.32 Å². The van der Waals surface area contributed by atoms with Crippen LogP contribution in [0.15, 0.2) is 0 Å². The van der Waals surface area contributed by atoms with E-state index in [1.165, 1.54) is 12.8 Å². The number of nitrogens with zero attached hydrogens (tertiary/aromatic N) is 1. The molecule has 5 heteroatoms. The van der Waals surface area contributed by atoms with Crippen molar-refractivity contribution < 1.29 is 13.6 Å². The SMILES string of the molecule is CN(C)C1(CNC(=O)CC2CC2(F)F)CCCC1. The Balaban J connectivity index is 1.78. The molecule has 0 bridgehead atoms. The van der Waals surface area contributed by atoms with Crippen molar-refractivity contribution in [3.63, 3.8) is 0 Å². The molecule has 2 rings (SSSR count). The van der Waals surface area contributed by atoms with Crippen molar-refractivity contribution in [1.82, 2.24) is 10.2 Å². The second-order valence-electron chi connectivity index (χ2n) is 5.97. The summed E-state index contributed by atoms with van der Waals surface area (Å²) in [6, 6.07) is 0. The normalized spacial score (nSPS) is 28.4. The smallest absolute Gasteiger partial charge is 0.252 e. The fraction of sp³-hybridized carbons (Fsp3) is 0.923. The van der Waals surface area contributed by atoms with Gasteiger partial charge < -0.3 is 10.2 Å². The molecule has 3 nitrogen and oxygen atoms in total. The summed E-state index contributed by atoms with van der Waals surface area (Å²) in [5.41, 5.74) is 0.0295. The molecular weight excluding hydrogens is 238 g/mol. The molecule has 1 atom stereocenters. The number of carbonyl (C=O) groups excluding carboxylic acids is 1.